The molecule has 0 aliphatic heterocycles. The van der Waals surface area contributed by atoms with Gasteiger partial charge in [0.05, 0.1) is 0 Å². The van der Waals surface area contributed by atoms with Gasteiger partial charge in [0.25, 0.3) is 0 Å². The molecule has 0 fully saturated rings. The molecule has 0 saturated carbocycles. The Morgan fingerprint density at radius 2 is 2.08 bits per heavy atom. The van der Waals surface area contributed by atoms with E-state index in [1.54, 1.807) is 13.8 Å². The zero-order valence-corrected chi connectivity index (χ0v) is 7.97. The van der Waals surface area contributed by atoms with Crippen LogP contribution in [0, 0.1) is 5.41 Å². The van der Waals surface area contributed by atoms with Gasteiger partial charge in [-0.25, -0.2) is 0 Å². The van der Waals surface area contributed by atoms with Gasteiger partial charge in [-0.2, -0.15) is 12.6 Å². The van der Waals surface area contributed by atoms with E-state index in [2.05, 4.69) is 12.6 Å². The van der Waals surface area contributed by atoms with Crippen LogP contribution in [-0.4, -0.2) is 22.2 Å². The van der Waals surface area contributed by atoms with Crippen LogP contribution < -0.4 is 5.73 Å². The van der Waals surface area contributed by atoms with Crippen molar-refractivity contribution >= 4 is 24.5 Å². The molecule has 3 N–H and O–H groups in total. The Bertz CT molecular complexity index is 189. The average molecular weight is 191 g/mol. The normalized spacial score (nSPS) is 17.9. The number of hydrogen-bond acceptors (Lipinski definition) is 3. The summed E-state index contributed by atoms with van der Waals surface area (Å²) in [6.07, 6.45) is 0.155. The first-order valence-electron chi connectivity index (χ1n) is 3.61. The lowest BCUT2D eigenvalue weighted by Gasteiger charge is -2.27. The molecule has 0 heterocycles. The molecule has 5 heteroatoms. The first-order valence-corrected chi connectivity index (χ1v) is 4.12. The number of primary amides is 1. The fraction of sp³-hybridized carbons (Fsp3) is 0.714. The molecule has 4 nitrogen and oxygen atoms in total. The molecule has 0 spiro atoms. The van der Waals surface area contributed by atoms with Gasteiger partial charge in [-0.05, 0) is 6.42 Å². The van der Waals surface area contributed by atoms with Crippen molar-refractivity contribution in [3.05, 3.63) is 0 Å². The van der Waals surface area contributed by atoms with Gasteiger partial charge >= 0.3 is 5.97 Å². The van der Waals surface area contributed by atoms with Crippen LogP contribution in [0.3, 0.4) is 0 Å². The summed E-state index contributed by atoms with van der Waals surface area (Å²) in [5.74, 6) is -2.04. The zero-order valence-electron chi connectivity index (χ0n) is 7.07. The van der Waals surface area contributed by atoms with Crippen LogP contribution in [0.1, 0.15) is 20.3 Å². The SMILES string of the molecule is CCC(C(N)=O)(C(=O)O)C(C)S. The topological polar surface area (TPSA) is 80.4 Å². The molecule has 2 atom stereocenters. The Hall–Kier alpha value is -0.710. The van der Waals surface area contributed by atoms with Crippen molar-refractivity contribution in [1.29, 1.82) is 0 Å². The highest BCUT2D eigenvalue weighted by Gasteiger charge is 2.46. The number of rotatable bonds is 4. The first-order chi connectivity index (χ1) is 5.39. The van der Waals surface area contributed by atoms with E-state index in [0.717, 1.165) is 0 Å². The molecule has 0 radical (unpaired) electrons. The lowest BCUT2D eigenvalue weighted by atomic mass is 9.81. The van der Waals surface area contributed by atoms with E-state index in [0.29, 0.717) is 0 Å². The Balaban J connectivity index is 5.04. The monoisotopic (exact) mass is 191 g/mol. The van der Waals surface area contributed by atoms with Crippen LogP contribution in [0.4, 0.5) is 0 Å². The van der Waals surface area contributed by atoms with Gasteiger partial charge in [-0.15, -0.1) is 0 Å². The lowest BCUT2D eigenvalue weighted by Crippen LogP contribution is -2.49. The second-order valence-electron chi connectivity index (χ2n) is 2.67. The minimum absolute atomic E-state index is 0.155. The highest BCUT2D eigenvalue weighted by molar-refractivity contribution is 7.81. The predicted octanol–water partition coefficient (Wildman–Crippen LogP) is 0.271. The van der Waals surface area contributed by atoms with E-state index in [9.17, 15) is 9.59 Å². The molecule has 0 bridgehead atoms. The predicted molar refractivity (Wildman–Crippen MR) is 48.0 cm³/mol. The van der Waals surface area contributed by atoms with Crippen LogP contribution in [0.25, 0.3) is 0 Å². The standard InChI is InChI=1S/C7H13NO3S/c1-3-7(4(2)12,5(8)9)6(10)11/h4,12H,3H2,1-2H3,(H2,8,9)(H,10,11). The van der Waals surface area contributed by atoms with Crippen molar-refractivity contribution in [2.45, 2.75) is 25.5 Å². The third-order valence-corrected chi connectivity index (χ3v) is 2.53. The number of carbonyl (C=O) groups is 2. The van der Waals surface area contributed by atoms with E-state index in [4.69, 9.17) is 10.8 Å². The maximum atomic E-state index is 10.9. The molecule has 0 aromatic carbocycles. The van der Waals surface area contributed by atoms with Crippen molar-refractivity contribution in [3.8, 4) is 0 Å². The summed E-state index contributed by atoms with van der Waals surface area (Å²) in [6.45, 7) is 3.15. The summed E-state index contributed by atoms with van der Waals surface area (Å²) < 4.78 is 0. The van der Waals surface area contributed by atoms with Gasteiger partial charge in [0.2, 0.25) is 5.91 Å². The van der Waals surface area contributed by atoms with Gasteiger partial charge in [-0.3, -0.25) is 9.59 Å². The number of carboxylic acids is 1. The van der Waals surface area contributed by atoms with Crippen LogP contribution in [0.5, 0.6) is 0 Å². The minimum atomic E-state index is -1.54. The molecule has 0 aromatic heterocycles. The lowest BCUT2D eigenvalue weighted by molar-refractivity contribution is -0.154. The Kier molecular flexibility index (Phi) is 3.57. The summed E-state index contributed by atoms with van der Waals surface area (Å²) in [6, 6.07) is 0. The van der Waals surface area contributed by atoms with Crippen LogP contribution >= 0.6 is 12.6 Å². The average Bonchev–Trinajstić information content (AvgIpc) is 1.86. The van der Waals surface area contributed by atoms with E-state index in [-0.39, 0.29) is 6.42 Å². The molecule has 0 aromatic rings. The first kappa shape index (κ1) is 11.3. The van der Waals surface area contributed by atoms with Gasteiger partial charge in [0.15, 0.2) is 5.41 Å². The summed E-state index contributed by atoms with van der Waals surface area (Å²) in [4.78, 5) is 21.7. The molecule has 0 aliphatic rings. The summed E-state index contributed by atoms with van der Waals surface area (Å²) >= 11 is 3.96. The Labute approximate surface area is 76.5 Å². The fourth-order valence-corrected chi connectivity index (χ4v) is 1.53. The van der Waals surface area contributed by atoms with Crippen LogP contribution in [0.2, 0.25) is 0 Å². The maximum Gasteiger partial charge on any atom is 0.320 e. The van der Waals surface area contributed by atoms with Crippen LogP contribution in [0.15, 0.2) is 0 Å². The Morgan fingerprint density at radius 3 is 2.08 bits per heavy atom. The zero-order chi connectivity index (χ0) is 9.94. The highest BCUT2D eigenvalue weighted by atomic mass is 32.1. The van der Waals surface area contributed by atoms with Gasteiger partial charge < -0.3 is 10.8 Å². The van der Waals surface area contributed by atoms with E-state index < -0.39 is 22.5 Å². The Morgan fingerprint density at radius 1 is 1.67 bits per heavy atom. The molecular formula is C7H13NO3S. The van der Waals surface area contributed by atoms with Gasteiger partial charge in [-0.1, -0.05) is 13.8 Å². The molecule has 0 saturated heterocycles. The van der Waals surface area contributed by atoms with Crippen molar-refractivity contribution < 1.29 is 14.7 Å². The van der Waals surface area contributed by atoms with Crippen molar-refractivity contribution in [2.75, 3.05) is 0 Å². The van der Waals surface area contributed by atoms with Crippen LogP contribution in [-0.2, 0) is 9.59 Å². The molecule has 0 rings (SSSR count). The maximum absolute atomic E-state index is 10.9. The fourth-order valence-electron chi connectivity index (χ4n) is 1.11. The van der Waals surface area contributed by atoms with Gasteiger partial charge in [0.1, 0.15) is 0 Å². The van der Waals surface area contributed by atoms with E-state index in [1.807, 2.05) is 0 Å². The summed E-state index contributed by atoms with van der Waals surface area (Å²) in [7, 11) is 0. The quantitative estimate of drug-likeness (QED) is 0.441. The number of nitrogens with two attached hydrogens (primary N) is 1. The van der Waals surface area contributed by atoms with Crippen molar-refractivity contribution in [1.82, 2.24) is 0 Å². The molecule has 70 valence electrons. The minimum Gasteiger partial charge on any atom is -0.480 e. The van der Waals surface area contributed by atoms with E-state index >= 15 is 0 Å². The molecular weight excluding hydrogens is 178 g/mol. The molecule has 1 amide bonds. The number of amides is 1. The second-order valence-corrected chi connectivity index (χ2v) is 3.44. The van der Waals surface area contributed by atoms with Gasteiger partial charge in [0, 0.05) is 5.25 Å². The molecule has 0 aliphatic carbocycles. The van der Waals surface area contributed by atoms with E-state index in [1.165, 1.54) is 0 Å². The number of carbonyl (C=O) groups excluding carboxylic acids is 1. The number of aliphatic carboxylic acids is 1. The smallest absolute Gasteiger partial charge is 0.320 e. The largest absolute Gasteiger partial charge is 0.480 e. The third kappa shape index (κ3) is 1.55. The summed E-state index contributed by atoms with van der Waals surface area (Å²) in [5.41, 5.74) is 3.48. The second kappa shape index (κ2) is 3.80. The number of hydrogen-bond donors (Lipinski definition) is 3. The summed E-state index contributed by atoms with van der Waals surface area (Å²) in [5, 5.41) is 8.23. The molecule has 2 unspecified atom stereocenters. The number of carboxylic acid groups (broad SMARTS) is 1. The third-order valence-electron chi connectivity index (χ3n) is 2.09. The number of thiol groups is 1. The highest BCUT2D eigenvalue weighted by Crippen LogP contribution is 2.30. The van der Waals surface area contributed by atoms with Crippen molar-refractivity contribution in [3.63, 3.8) is 0 Å². The molecule has 12 heavy (non-hydrogen) atoms. The van der Waals surface area contributed by atoms with Crippen molar-refractivity contribution in [2.24, 2.45) is 11.1 Å².